The van der Waals surface area contributed by atoms with Crippen molar-refractivity contribution in [1.29, 1.82) is 0 Å². The van der Waals surface area contributed by atoms with Crippen molar-refractivity contribution in [1.82, 2.24) is 34.9 Å². The van der Waals surface area contributed by atoms with Crippen LogP contribution in [0.3, 0.4) is 0 Å². The average molecular weight is 670 g/mol. The van der Waals surface area contributed by atoms with E-state index >= 15 is 0 Å². The molecule has 2 N–H and O–H groups in total. The Morgan fingerprint density at radius 1 is 0.898 bits per heavy atom. The van der Waals surface area contributed by atoms with Gasteiger partial charge in [0, 0.05) is 44.4 Å². The van der Waals surface area contributed by atoms with Crippen LogP contribution < -0.4 is 15.4 Å². The Bertz CT molecular complexity index is 1720. The molecule has 1 unspecified atom stereocenters. The number of rotatable bonds is 4. The number of fused-ring (bicyclic) bond motifs is 3. The molecule has 3 aliphatic rings. The maximum Gasteiger partial charge on any atom is 0.410 e. The minimum Gasteiger partial charge on any atom is -0.494 e. The average Bonchev–Trinajstić information content (AvgIpc) is 3.71. The van der Waals surface area contributed by atoms with Crippen molar-refractivity contribution < 1.29 is 33.4 Å². The van der Waals surface area contributed by atoms with Crippen LogP contribution in [0.15, 0.2) is 67.0 Å². The SMILES string of the molecule is O=C1CN(C(=O)CN2CCOC2=O)CCNC(=O)Cn2cnc3c2CCN(C(=O)/C=C/c2ccccc2)C3c2cccc(c2)OCCCN1. The minimum absolute atomic E-state index is 0.0197. The maximum atomic E-state index is 13.7. The topological polar surface area (TPSA) is 155 Å². The number of ether oxygens (including phenoxy) is 2. The van der Waals surface area contributed by atoms with Gasteiger partial charge in [0.2, 0.25) is 23.6 Å². The van der Waals surface area contributed by atoms with Crippen LogP contribution >= 0.6 is 0 Å². The van der Waals surface area contributed by atoms with Crippen LogP contribution in [0.5, 0.6) is 5.75 Å². The summed E-state index contributed by atoms with van der Waals surface area (Å²) in [6.45, 7) is 1.23. The number of hydrogen-bond donors (Lipinski definition) is 2. The third kappa shape index (κ3) is 8.26. The Hall–Kier alpha value is -5.66. The number of benzene rings is 2. The molecule has 1 atom stereocenters. The molecular formula is C35H39N7O7. The number of nitrogens with zero attached hydrogens (tertiary/aromatic N) is 5. The van der Waals surface area contributed by atoms with Gasteiger partial charge in [-0.3, -0.25) is 24.1 Å². The predicted molar refractivity (Wildman–Crippen MR) is 177 cm³/mol. The minimum atomic E-state index is -0.577. The zero-order valence-electron chi connectivity index (χ0n) is 27.1. The van der Waals surface area contributed by atoms with Crippen molar-refractivity contribution in [2.24, 2.45) is 0 Å². The van der Waals surface area contributed by atoms with Crippen LogP contribution in [-0.2, 0) is 36.9 Å². The fraction of sp³-hybridized carbons (Fsp3) is 0.371. The summed E-state index contributed by atoms with van der Waals surface area (Å²) in [6, 6.07) is 16.6. The predicted octanol–water partition coefficient (Wildman–Crippen LogP) is 1.37. The Morgan fingerprint density at radius 2 is 1.71 bits per heavy atom. The second-order valence-electron chi connectivity index (χ2n) is 12.0. The van der Waals surface area contributed by atoms with E-state index in [4.69, 9.17) is 14.5 Å². The van der Waals surface area contributed by atoms with Crippen LogP contribution in [0.25, 0.3) is 6.08 Å². The van der Waals surface area contributed by atoms with Gasteiger partial charge in [-0.25, -0.2) is 9.78 Å². The summed E-state index contributed by atoms with van der Waals surface area (Å²) >= 11 is 0. The molecule has 4 heterocycles. The first-order chi connectivity index (χ1) is 23.9. The molecule has 2 aromatic carbocycles. The number of cyclic esters (lactones) is 1. The van der Waals surface area contributed by atoms with Gasteiger partial charge in [-0.15, -0.1) is 0 Å². The molecule has 14 nitrogen and oxygen atoms in total. The van der Waals surface area contributed by atoms with Crippen molar-refractivity contribution in [3.63, 3.8) is 0 Å². The molecular weight excluding hydrogens is 630 g/mol. The lowest BCUT2D eigenvalue weighted by Gasteiger charge is -2.35. The number of carbonyl (C=O) groups is 5. The molecule has 256 valence electrons. The highest BCUT2D eigenvalue weighted by Crippen LogP contribution is 2.36. The first-order valence-electron chi connectivity index (χ1n) is 16.4. The van der Waals surface area contributed by atoms with Gasteiger partial charge in [0.15, 0.2) is 0 Å². The van der Waals surface area contributed by atoms with Crippen molar-refractivity contribution in [2.75, 3.05) is 59.0 Å². The van der Waals surface area contributed by atoms with E-state index in [2.05, 4.69) is 10.6 Å². The molecule has 6 rings (SSSR count). The number of amides is 5. The summed E-state index contributed by atoms with van der Waals surface area (Å²) in [5.41, 5.74) is 3.27. The number of nitrogens with one attached hydrogen (secondary N) is 2. The van der Waals surface area contributed by atoms with Gasteiger partial charge in [0.05, 0.1) is 31.7 Å². The number of carbonyl (C=O) groups excluding carboxylic acids is 5. The normalized spacial score (nSPS) is 19.1. The van der Waals surface area contributed by atoms with E-state index < -0.39 is 18.0 Å². The highest BCUT2D eigenvalue weighted by atomic mass is 16.6. The molecule has 3 aliphatic heterocycles. The summed E-state index contributed by atoms with van der Waals surface area (Å²) in [5, 5.41) is 5.66. The van der Waals surface area contributed by atoms with Gasteiger partial charge in [0.25, 0.3) is 0 Å². The van der Waals surface area contributed by atoms with E-state index in [1.165, 1.54) is 9.80 Å². The lowest BCUT2D eigenvalue weighted by atomic mass is 9.95. The third-order valence-electron chi connectivity index (χ3n) is 8.60. The molecule has 0 saturated carbocycles. The van der Waals surface area contributed by atoms with E-state index in [0.717, 1.165) is 16.8 Å². The zero-order chi connectivity index (χ0) is 34.2. The lowest BCUT2D eigenvalue weighted by Crippen LogP contribution is -2.48. The number of imidazole rings is 1. The maximum absolute atomic E-state index is 13.7. The van der Waals surface area contributed by atoms with Gasteiger partial charge in [-0.2, -0.15) is 0 Å². The molecule has 1 saturated heterocycles. The molecule has 0 aliphatic carbocycles. The number of hydrogen-bond acceptors (Lipinski definition) is 8. The van der Waals surface area contributed by atoms with Crippen molar-refractivity contribution in [2.45, 2.75) is 25.4 Å². The quantitative estimate of drug-likeness (QED) is 0.395. The Morgan fingerprint density at radius 3 is 2.53 bits per heavy atom. The number of aromatic nitrogens is 2. The molecule has 6 bridgehead atoms. The molecule has 0 spiro atoms. The second-order valence-corrected chi connectivity index (χ2v) is 12.0. The van der Waals surface area contributed by atoms with E-state index in [0.29, 0.717) is 44.0 Å². The van der Waals surface area contributed by atoms with Gasteiger partial charge < -0.3 is 34.5 Å². The third-order valence-corrected chi connectivity index (χ3v) is 8.60. The lowest BCUT2D eigenvalue weighted by molar-refractivity contribution is -0.136. The summed E-state index contributed by atoms with van der Waals surface area (Å²) in [7, 11) is 0. The molecule has 0 radical (unpaired) electrons. The van der Waals surface area contributed by atoms with E-state index in [1.807, 2.05) is 54.6 Å². The Labute approximate surface area is 283 Å². The Kier molecular flexibility index (Phi) is 10.5. The van der Waals surface area contributed by atoms with Gasteiger partial charge >= 0.3 is 6.09 Å². The summed E-state index contributed by atoms with van der Waals surface area (Å²) in [6.07, 6.45) is 5.40. The van der Waals surface area contributed by atoms with Gasteiger partial charge in [-0.05, 0) is 35.8 Å². The first-order valence-corrected chi connectivity index (χ1v) is 16.4. The van der Waals surface area contributed by atoms with Crippen molar-refractivity contribution >= 4 is 35.8 Å². The summed E-state index contributed by atoms with van der Waals surface area (Å²) < 4.78 is 12.7. The fourth-order valence-electron chi connectivity index (χ4n) is 6.12. The molecule has 49 heavy (non-hydrogen) atoms. The second kappa shape index (κ2) is 15.5. The molecule has 3 aromatic rings. The monoisotopic (exact) mass is 669 g/mol. The van der Waals surface area contributed by atoms with E-state index in [9.17, 15) is 24.0 Å². The smallest absolute Gasteiger partial charge is 0.410 e. The Balaban J connectivity index is 1.23. The molecule has 14 heteroatoms. The molecule has 1 aromatic heterocycles. The summed E-state index contributed by atoms with van der Waals surface area (Å²) in [4.78, 5) is 73.7. The highest BCUT2D eigenvalue weighted by Gasteiger charge is 2.35. The van der Waals surface area contributed by atoms with E-state index in [1.54, 1.807) is 27.9 Å². The highest BCUT2D eigenvalue weighted by molar-refractivity contribution is 5.92. The summed E-state index contributed by atoms with van der Waals surface area (Å²) in [5.74, 6) is -0.656. The van der Waals surface area contributed by atoms with Crippen LogP contribution in [0, 0.1) is 0 Å². The molecule has 1 fully saturated rings. The van der Waals surface area contributed by atoms with E-state index in [-0.39, 0.29) is 63.6 Å². The van der Waals surface area contributed by atoms with Crippen molar-refractivity contribution in [3.8, 4) is 5.75 Å². The first kappa shape index (κ1) is 33.2. The van der Waals surface area contributed by atoms with Crippen LogP contribution in [0.1, 0.15) is 35.0 Å². The van der Waals surface area contributed by atoms with Crippen LogP contribution in [0.4, 0.5) is 4.79 Å². The van der Waals surface area contributed by atoms with Crippen LogP contribution in [0.2, 0.25) is 0 Å². The fourth-order valence-corrected chi connectivity index (χ4v) is 6.12. The zero-order valence-corrected chi connectivity index (χ0v) is 27.1. The van der Waals surface area contributed by atoms with Crippen molar-refractivity contribution in [3.05, 3.63) is 89.5 Å². The largest absolute Gasteiger partial charge is 0.494 e. The van der Waals surface area contributed by atoms with Crippen LogP contribution in [-0.4, -0.2) is 113 Å². The standard InChI is InChI=1S/C35H39N7O7/c43-29-21-39(32(46)23-40-17-19-49-35(40)47)16-14-37-30(44)22-41-24-38-33-28(41)12-15-42(31(45)11-10-25-6-2-1-3-7-25)34(33)26-8-4-9-27(20-26)48-18-5-13-36-29/h1-4,6-11,20,24,34H,5,12-19,21-23H2,(H,36,43)(H,37,44)/b11-10+. The van der Waals surface area contributed by atoms with Gasteiger partial charge in [-0.1, -0.05) is 42.5 Å². The van der Waals surface area contributed by atoms with Gasteiger partial charge in [0.1, 0.15) is 31.5 Å². The molecule has 5 amide bonds.